The molecule has 0 bridgehead atoms. The van der Waals surface area contributed by atoms with Gasteiger partial charge >= 0.3 is 0 Å². The molecule has 0 aliphatic heterocycles. The van der Waals surface area contributed by atoms with Crippen LogP contribution in [0, 0.1) is 22.7 Å². The zero-order chi connectivity index (χ0) is 19.3. The molecule has 3 aliphatic rings. The number of methoxy groups -OCH3 is 1. The molecule has 0 saturated heterocycles. The van der Waals surface area contributed by atoms with Crippen LogP contribution in [0.1, 0.15) is 59.8 Å². The summed E-state index contributed by atoms with van der Waals surface area (Å²) in [6, 6.07) is 0. The van der Waals surface area contributed by atoms with E-state index in [1.165, 1.54) is 25.5 Å². The van der Waals surface area contributed by atoms with Gasteiger partial charge in [0.05, 0.1) is 7.11 Å². The van der Waals surface area contributed by atoms with Crippen LogP contribution in [0.5, 0.6) is 0 Å². The van der Waals surface area contributed by atoms with Gasteiger partial charge in [-0.3, -0.25) is 9.59 Å². The number of carbonyl (C=O) groups excluding carboxylic acids is 2. The molecule has 3 atom stereocenters. The fraction of sp³-hybridized carbons (Fsp3) is 0.636. The molecule has 1 saturated carbocycles. The molecule has 4 heteroatoms. The molecule has 1 N–H and O–H groups in total. The maximum Gasteiger partial charge on any atom is 0.227 e. The van der Waals surface area contributed by atoms with Crippen molar-refractivity contribution < 1.29 is 19.4 Å². The molecule has 1 fully saturated rings. The van der Waals surface area contributed by atoms with Crippen molar-refractivity contribution in [1.82, 2.24) is 0 Å². The molecule has 0 amide bonds. The molecule has 0 spiro atoms. The zero-order valence-corrected chi connectivity index (χ0v) is 16.5. The number of allylic oxidation sites excluding steroid dienone is 4. The SMILES string of the molecule is COC1=CC(=O)C(O)=C(C[C@@]2(C)C3CCCC(C)(C)C3=CC[C@@H]2C)C1=O. The number of carbonyl (C=O) groups is 2. The molecular weight excluding hydrogens is 328 g/mol. The Balaban J connectivity index is 2.00. The molecular formula is C22H30O4. The van der Waals surface area contributed by atoms with Gasteiger partial charge in [0.2, 0.25) is 11.6 Å². The first kappa shape index (κ1) is 18.9. The van der Waals surface area contributed by atoms with Crippen LogP contribution in [-0.2, 0) is 14.3 Å². The monoisotopic (exact) mass is 358 g/mol. The quantitative estimate of drug-likeness (QED) is 0.588. The van der Waals surface area contributed by atoms with Gasteiger partial charge in [-0.1, -0.05) is 45.8 Å². The van der Waals surface area contributed by atoms with Crippen LogP contribution >= 0.6 is 0 Å². The standard InChI is InChI=1S/C22H30O4/c1-13-8-9-15-16(7-6-10-21(15,2)3)22(13,4)12-14-19(24)17(23)11-18(26-5)20(14)25/h9,11,13,16,24H,6-8,10,12H2,1-5H3/t13-,16?,22+/m0/s1. The van der Waals surface area contributed by atoms with Gasteiger partial charge in [0.25, 0.3) is 0 Å². The second-order valence-electron chi connectivity index (χ2n) is 9.04. The first-order chi connectivity index (χ1) is 12.1. The van der Waals surface area contributed by atoms with Gasteiger partial charge in [-0.05, 0) is 48.3 Å². The van der Waals surface area contributed by atoms with Crippen molar-refractivity contribution in [2.45, 2.75) is 59.8 Å². The summed E-state index contributed by atoms with van der Waals surface area (Å²) in [5, 5.41) is 10.3. The van der Waals surface area contributed by atoms with E-state index in [1.807, 2.05) is 0 Å². The Bertz CT molecular complexity index is 737. The number of hydrogen-bond donors (Lipinski definition) is 1. The Kier molecular flexibility index (Phi) is 4.66. The van der Waals surface area contributed by atoms with E-state index >= 15 is 0 Å². The smallest absolute Gasteiger partial charge is 0.227 e. The molecule has 3 rings (SSSR count). The van der Waals surface area contributed by atoms with E-state index in [-0.39, 0.29) is 27.9 Å². The summed E-state index contributed by atoms with van der Waals surface area (Å²) in [7, 11) is 1.38. The molecule has 0 heterocycles. The van der Waals surface area contributed by atoms with Crippen molar-refractivity contribution in [2.24, 2.45) is 22.7 Å². The van der Waals surface area contributed by atoms with Crippen LogP contribution in [0.25, 0.3) is 0 Å². The summed E-state index contributed by atoms with van der Waals surface area (Å²) in [5.41, 5.74) is 1.71. The summed E-state index contributed by atoms with van der Waals surface area (Å²) < 4.78 is 5.08. The first-order valence-corrected chi connectivity index (χ1v) is 9.59. The van der Waals surface area contributed by atoms with E-state index in [4.69, 9.17) is 4.74 Å². The van der Waals surface area contributed by atoms with Gasteiger partial charge in [-0.15, -0.1) is 0 Å². The van der Waals surface area contributed by atoms with E-state index in [9.17, 15) is 14.7 Å². The molecule has 0 aromatic carbocycles. The molecule has 142 valence electrons. The zero-order valence-electron chi connectivity index (χ0n) is 16.5. The van der Waals surface area contributed by atoms with Crippen LogP contribution in [0.3, 0.4) is 0 Å². The van der Waals surface area contributed by atoms with E-state index in [1.54, 1.807) is 0 Å². The Morgan fingerprint density at radius 2 is 1.96 bits per heavy atom. The maximum absolute atomic E-state index is 12.7. The molecule has 4 nitrogen and oxygen atoms in total. The number of ether oxygens (including phenoxy) is 1. The van der Waals surface area contributed by atoms with Gasteiger partial charge in [0.15, 0.2) is 11.5 Å². The third-order valence-electron chi connectivity index (χ3n) is 7.12. The van der Waals surface area contributed by atoms with Crippen LogP contribution in [0.15, 0.2) is 34.8 Å². The molecule has 0 aromatic heterocycles. The highest BCUT2D eigenvalue weighted by atomic mass is 16.5. The van der Waals surface area contributed by atoms with E-state index < -0.39 is 11.5 Å². The largest absolute Gasteiger partial charge is 0.504 e. The van der Waals surface area contributed by atoms with Gasteiger partial charge in [-0.2, -0.15) is 0 Å². The van der Waals surface area contributed by atoms with E-state index in [2.05, 4.69) is 33.8 Å². The molecule has 1 unspecified atom stereocenters. The molecule has 0 radical (unpaired) electrons. The predicted octanol–water partition coefficient (Wildman–Crippen LogP) is 4.67. The minimum absolute atomic E-state index is 0.0228. The summed E-state index contributed by atoms with van der Waals surface area (Å²) in [6.07, 6.45) is 8.30. The van der Waals surface area contributed by atoms with Crippen LogP contribution in [0.4, 0.5) is 0 Å². The highest BCUT2D eigenvalue weighted by Gasteiger charge is 2.49. The number of Topliss-reactive ketones (excluding diaryl/α,β-unsaturated/α-hetero) is 1. The first-order valence-electron chi connectivity index (χ1n) is 9.59. The molecule has 0 aromatic rings. The lowest BCUT2D eigenvalue weighted by Gasteiger charge is -2.53. The number of aliphatic hydroxyl groups is 1. The minimum atomic E-state index is -0.539. The van der Waals surface area contributed by atoms with Gasteiger partial charge in [0, 0.05) is 11.6 Å². The number of aliphatic hydroxyl groups excluding tert-OH is 1. The van der Waals surface area contributed by atoms with Gasteiger partial charge in [-0.25, -0.2) is 0 Å². The predicted molar refractivity (Wildman–Crippen MR) is 100 cm³/mol. The van der Waals surface area contributed by atoms with E-state index in [0.29, 0.717) is 18.3 Å². The lowest BCUT2D eigenvalue weighted by atomic mass is 9.51. The third kappa shape index (κ3) is 2.83. The fourth-order valence-electron chi connectivity index (χ4n) is 5.19. The number of ketones is 2. The Morgan fingerprint density at radius 1 is 1.27 bits per heavy atom. The summed E-state index contributed by atoms with van der Waals surface area (Å²) in [6.45, 7) is 9.05. The second kappa shape index (κ2) is 6.40. The lowest BCUT2D eigenvalue weighted by molar-refractivity contribution is -0.120. The topological polar surface area (TPSA) is 63.6 Å². The Labute approximate surface area is 156 Å². The van der Waals surface area contributed by atoms with Crippen molar-refractivity contribution in [2.75, 3.05) is 7.11 Å². The van der Waals surface area contributed by atoms with Crippen molar-refractivity contribution >= 4 is 11.6 Å². The highest BCUT2D eigenvalue weighted by molar-refractivity contribution is 6.20. The van der Waals surface area contributed by atoms with Crippen molar-refractivity contribution in [1.29, 1.82) is 0 Å². The van der Waals surface area contributed by atoms with Gasteiger partial charge < -0.3 is 9.84 Å². The average Bonchev–Trinajstić information content (AvgIpc) is 2.58. The summed E-state index contributed by atoms with van der Waals surface area (Å²) in [5.74, 6) is -0.544. The summed E-state index contributed by atoms with van der Waals surface area (Å²) in [4.78, 5) is 24.8. The fourth-order valence-corrected chi connectivity index (χ4v) is 5.19. The number of fused-ring (bicyclic) bond motifs is 1. The van der Waals surface area contributed by atoms with E-state index in [0.717, 1.165) is 18.9 Å². The highest BCUT2D eigenvalue weighted by Crippen LogP contribution is 2.58. The van der Waals surface area contributed by atoms with Crippen LogP contribution in [0.2, 0.25) is 0 Å². The van der Waals surface area contributed by atoms with Crippen LogP contribution in [-0.4, -0.2) is 23.8 Å². The molecule has 3 aliphatic carbocycles. The normalized spacial score (nSPS) is 34.2. The molecule has 26 heavy (non-hydrogen) atoms. The number of hydrogen-bond acceptors (Lipinski definition) is 4. The van der Waals surface area contributed by atoms with Crippen molar-refractivity contribution in [3.8, 4) is 0 Å². The Morgan fingerprint density at radius 3 is 2.62 bits per heavy atom. The van der Waals surface area contributed by atoms with Crippen molar-refractivity contribution in [3.63, 3.8) is 0 Å². The lowest BCUT2D eigenvalue weighted by Crippen LogP contribution is -2.44. The maximum atomic E-state index is 12.7. The van der Waals surface area contributed by atoms with Gasteiger partial charge in [0.1, 0.15) is 0 Å². The second-order valence-corrected chi connectivity index (χ2v) is 9.04. The average molecular weight is 358 g/mol. The summed E-state index contributed by atoms with van der Waals surface area (Å²) >= 11 is 0. The number of rotatable bonds is 3. The third-order valence-corrected chi connectivity index (χ3v) is 7.12. The van der Waals surface area contributed by atoms with Crippen LogP contribution < -0.4 is 0 Å². The Hall–Kier alpha value is -1.84. The van der Waals surface area contributed by atoms with Crippen molar-refractivity contribution in [3.05, 3.63) is 34.8 Å². The minimum Gasteiger partial charge on any atom is -0.504 e.